The molecule has 1 N–H and O–H groups in total. The lowest BCUT2D eigenvalue weighted by Gasteiger charge is -2.25. The van der Waals surface area contributed by atoms with Gasteiger partial charge in [0.25, 0.3) is 0 Å². The molecule has 0 aliphatic carbocycles. The normalized spacial score (nSPS) is 15.1. The molecule has 0 fully saturated rings. The van der Waals surface area contributed by atoms with E-state index in [9.17, 15) is 8.42 Å². The summed E-state index contributed by atoms with van der Waals surface area (Å²) in [6.45, 7) is 13.0. The van der Waals surface area contributed by atoms with Gasteiger partial charge in [-0.25, -0.2) is 8.42 Å². The molecule has 18 heavy (non-hydrogen) atoms. The van der Waals surface area contributed by atoms with Crippen LogP contribution in [0.1, 0.15) is 60.8 Å². The molecule has 0 saturated carbocycles. The lowest BCUT2D eigenvalue weighted by atomic mass is 9.99. The van der Waals surface area contributed by atoms with E-state index >= 15 is 0 Å². The van der Waals surface area contributed by atoms with Crippen LogP contribution in [0.25, 0.3) is 0 Å². The van der Waals surface area contributed by atoms with Crippen molar-refractivity contribution in [1.29, 1.82) is 0 Å². The number of hydrogen-bond donors (Lipinski definition) is 1. The molecule has 0 aromatic carbocycles. The Morgan fingerprint density at radius 1 is 1.11 bits per heavy atom. The van der Waals surface area contributed by atoms with Gasteiger partial charge in [0.05, 0.1) is 11.0 Å². The second-order valence-corrected chi connectivity index (χ2v) is 9.17. The fraction of sp³-hybridized carbons (Fsp3) is 1.00. The van der Waals surface area contributed by atoms with Gasteiger partial charge in [0, 0.05) is 5.54 Å². The Hall–Kier alpha value is -0.0900. The Balaban J connectivity index is 4.29. The van der Waals surface area contributed by atoms with E-state index in [-0.39, 0.29) is 10.8 Å². The number of hydrogen-bond acceptors (Lipinski definition) is 3. The van der Waals surface area contributed by atoms with Gasteiger partial charge in [-0.05, 0) is 59.9 Å². The van der Waals surface area contributed by atoms with Crippen molar-refractivity contribution in [3.63, 3.8) is 0 Å². The largest absolute Gasteiger partial charge is 0.312 e. The van der Waals surface area contributed by atoms with Crippen LogP contribution in [0.3, 0.4) is 0 Å². The van der Waals surface area contributed by atoms with Crippen molar-refractivity contribution >= 4 is 9.84 Å². The summed E-state index contributed by atoms with van der Waals surface area (Å²) in [4.78, 5) is 0. The molecule has 0 aliphatic heterocycles. The standard InChI is InChI=1S/C14H31NO2S/c1-7-8-13(11-15-14(4,5)6)9-10-18(16,17)12(2)3/h12-13,15H,7-11H2,1-6H3. The summed E-state index contributed by atoms with van der Waals surface area (Å²) in [5.74, 6) is 0.781. The summed E-state index contributed by atoms with van der Waals surface area (Å²) in [7, 11) is -2.89. The molecule has 4 heteroatoms. The van der Waals surface area contributed by atoms with E-state index < -0.39 is 9.84 Å². The second-order valence-electron chi connectivity index (χ2n) is 6.49. The molecule has 0 aromatic heterocycles. The van der Waals surface area contributed by atoms with Crippen molar-refractivity contribution in [1.82, 2.24) is 5.32 Å². The van der Waals surface area contributed by atoms with Gasteiger partial charge in [0.1, 0.15) is 0 Å². The Labute approximate surface area is 114 Å². The van der Waals surface area contributed by atoms with E-state index in [0.717, 1.165) is 25.8 Å². The highest BCUT2D eigenvalue weighted by molar-refractivity contribution is 7.91. The molecule has 3 nitrogen and oxygen atoms in total. The molecule has 0 aromatic rings. The summed E-state index contributed by atoms with van der Waals surface area (Å²) < 4.78 is 23.6. The predicted octanol–water partition coefficient (Wildman–Crippen LogP) is 3.00. The zero-order valence-electron chi connectivity index (χ0n) is 12.9. The summed E-state index contributed by atoms with van der Waals surface area (Å²) in [6, 6.07) is 0. The van der Waals surface area contributed by atoms with Crippen molar-refractivity contribution < 1.29 is 8.42 Å². The minimum absolute atomic E-state index is 0.100. The third-order valence-electron chi connectivity index (χ3n) is 3.15. The Bertz CT molecular complexity index is 315. The molecule has 0 rings (SSSR count). The van der Waals surface area contributed by atoms with Crippen molar-refractivity contribution in [2.75, 3.05) is 12.3 Å². The van der Waals surface area contributed by atoms with Crippen LogP contribution in [0.2, 0.25) is 0 Å². The fourth-order valence-corrected chi connectivity index (χ4v) is 2.91. The summed E-state index contributed by atoms with van der Waals surface area (Å²) in [6.07, 6.45) is 2.98. The second kappa shape index (κ2) is 7.49. The zero-order chi connectivity index (χ0) is 14.4. The number of rotatable bonds is 8. The minimum Gasteiger partial charge on any atom is -0.312 e. The van der Waals surface area contributed by atoms with Crippen molar-refractivity contribution in [3.8, 4) is 0 Å². The number of sulfone groups is 1. The molecular formula is C14H31NO2S. The van der Waals surface area contributed by atoms with Gasteiger partial charge in [-0.3, -0.25) is 0 Å². The van der Waals surface area contributed by atoms with E-state index in [1.165, 1.54) is 0 Å². The van der Waals surface area contributed by atoms with Crippen LogP contribution >= 0.6 is 0 Å². The smallest absolute Gasteiger partial charge is 0.152 e. The maximum atomic E-state index is 11.8. The van der Waals surface area contributed by atoms with Gasteiger partial charge in [0.15, 0.2) is 9.84 Å². The molecule has 0 amide bonds. The first-order chi connectivity index (χ1) is 8.08. The van der Waals surface area contributed by atoms with Gasteiger partial charge in [-0.15, -0.1) is 0 Å². The van der Waals surface area contributed by atoms with Crippen LogP contribution in [0.5, 0.6) is 0 Å². The molecule has 0 heterocycles. The fourth-order valence-electron chi connectivity index (χ4n) is 1.77. The Morgan fingerprint density at radius 2 is 1.67 bits per heavy atom. The first-order valence-corrected chi connectivity index (χ1v) is 8.76. The highest BCUT2D eigenvalue weighted by Gasteiger charge is 2.20. The van der Waals surface area contributed by atoms with Crippen LogP contribution in [0.15, 0.2) is 0 Å². The third kappa shape index (κ3) is 8.09. The number of nitrogens with one attached hydrogen (secondary N) is 1. The monoisotopic (exact) mass is 277 g/mol. The predicted molar refractivity (Wildman–Crippen MR) is 79.7 cm³/mol. The minimum atomic E-state index is -2.89. The van der Waals surface area contributed by atoms with Crippen LogP contribution in [-0.2, 0) is 9.84 Å². The maximum Gasteiger partial charge on any atom is 0.152 e. The van der Waals surface area contributed by atoms with Crippen molar-refractivity contribution in [3.05, 3.63) is 0 Å². The zero-order valence-corrected chi connectivity index (χ0v) is 13.7. The first-order valence-electron chi connectivity index (χ1n) is 7.05. The molecular weight excluding hydrogens is 246 g/mol. The van der Waals surface area contributed by atoms with E-state index in [2.05, 4.69) is 33.0 Å². The lowest BCUT2D eigenvalue weighted by molar-refractivity contribution is 0.350. The molecule has 0 aliphatic rings. The highest BCUT2D eigenvalue weighted by atomic mass is 32.2. The van der Waals surface area contributed by atoms with Gasteiger partial charge in [-0.1, -0.05) is 13.3 Å². The topological polar surface area (TPSA) is 46.2 Å². The van der Waals surface area contributed by atoms with E-state index in [0.29, 0.717) is 11.7 Å². The van der Waals surface area contributed by atoms with Gasteiger partial charge in [0.2, 0.25) is 0 Å². The van der Waals surface area contributed by atoms with Crippen LogP contribution < -0.4 is 5.32 Å². The van der Waals surface area contributed by atoms with Crippen LogP contribution in [0, 0.1) is 5.92 Å². The average Bonchev–Trinajstić information content (AvgIpc) is 2.20. The molecule has 0 spiro atoms. The average molecular weight is 277 g/mol. The highest BCUT2D eigenvalue weighted by Crippen LogP contribution is 2.15. The van der Waals surface area contributed by atoms with E-state index in [1.807, 2.05) is 0 Å². The molecule has 1 unspecified atom stereocenters. The SMILES string of the molecule is CCCC(CCS(=O)(=O)C(C)C)CNC(C)(C)C. The van der Waals surface area contributed by atoms with Gasteiger partial charge >= 0.3 is 0 Å². The Morgan fingerprint density at radius 3 is 2.06 bits per heavy atom. The van der Waals surface area contributed by atoms with Crippen molar-refractivity contribution in [2.24, 2.45) is 5.92 Å². The molecule has 0 saturated heterocycles. The molecule has 110 valence electrons. The first kappa shape index (κ1) is 17.9. The van der Waals surface area contributed by atoms with E-state index in [1.54, 1.807) is 13.8 Å². The summed E-state index contributed by atoms with van der Waals surface area (Å²) in [5, 5.41) is 3.22. The Kier molecular flexibility index (Phi) is 7.45. The lowest BCUT2D eigenvalue weighted by Crippen LogP contribution is -2.39. The molecule has 0 radical (unpaired) electrons. The molecule has 0 bridgehead atoms. The van der Waals surface area contributed by atoms with Crippen LogP contribution in [-0.4, -0.2) is 31.5 Å². The van der Waals surface area contributed by atoms with Gasteiger partial charge < -0.3 is 5.32 Å². The summed E-state index contributed by atoms with van der Waals surface area (Å²) >= 11 is 0. The molecule has 1 atom stereocenters. The van der Waals surface area contributed by atoms with Crippen LogP contribution in [0.4, 0.5) is 0 Å². The van der Waals surface area contributed by atoms with Gasteiger partial charge in [-0.2, -0.15) is 0 Å². The third-order valence-corrected chi connectivity index (χ3v) is 5.39. The van der Waals surface area contributed by atoms with E-state index in [4.69, 9.17) is 0 Å². The maximum absolute atomic E-state index is 11.8. The quantitative estimate of drug-likeness (QED) is 0.742. The van der Waals surface area contributed by atoms with Crippen molar-refractivity contribution in [2.45, 2.75) is 71.6 Å². The summed E-state index contributed by atoms with van der Waals surface area (Å²) in [5.41, 5.74) is 0.100.